The van der Waals surface area contributed by atoms with E-state index in [1.54, 1.807) is 0 Å². The average molecular weight is 122 g/mol. The van der Waals surface area contributed by atoms with Crippen molar-refractivity contribution in [3.8, 4) is 0 Å². The van der Waals surface area contributed by atoms with Crippen LogP contribution in [0.25, 0.3) is 0 Å². The third-order valence-corrected chi connectivity index (χ3v) is 1.32. The minimum Gasteiger partial charge on any atom is -0.102 e. The van der Waals surface area contributed by atoms with Gasteiger partial charge in [-0.15, -0.1) is 6.58 Å². The zero-order valence-electron chi connectivity index (χ0n) is 6.22. The Kier molecular flexibility index (Phi) is 3.78. The third-order valence-electron chi connectivity index (χ3n) is 1.32. The van der Waals surface area contributed by atoms with Gasteiger partial charge in [0.1, 0.15) is 0 Å². The van der Waals surface area contributed by atoms with Crippen LogP contribution in [0.4, 0.5) is 0 Å². The maximum Gasteiger partial charge on any atom is -0.00191 e. The van der Waals surface area contributed by atoms with Crippen molar-refractivity contribution >= 4 is 0 Å². The van der Waals surface area contributed by atoms with Crippen LogP contribution in [0, 0.1) is 5.92 Å². The quantitative estimate of drug-likeness (QED) is 0.399. The van der Waals surface area contributed by atoms with E-state index in [1.165, 1.54) is 0 Å². The van der Waals surface area contributed by atoms with Crippen LogP contribution in [0.5, 0.6) is 0 Å². The van der Waals surface area contributed by atoms with E-state index in [1.807, 2.05) is 25.2 Å². The molecule has 0 heterocycles. The molecule has 0 aromatic rings. The smallest absolute Gasteiger partial charge is 0.00191 e. The molecule has 0 heteroatoms. The second-order valence-electron chi connectivity index (χ2n) is 2.10. The molecule has 50 valence electrons. The minimum atomic E-state index is 0.404. The van der Waals surface area contributed by atoms with Crippen molar-refractivity contribution in [3.05, 3.63) is 37.0 Å². The summed E-state index contributed by atoms with van der Waals surface area (Å²) >= 11 is 0. The molecule has 0 saturated heterocycles. The summed E-state index contributed by atoms with van der Waals surface area (Å²) < 4.78 is 0. The molecular weight excluding hydrogens is 108 g/mol. The Morgan fingerprint density at radius 2 is 2.11 bits per heavy atom. The van der Waals surface area contributed by atoms with Gasteiger partial charge in [-0.3, -0.25) is 0 Å². The molecule has 0 aliphatic rings. The average Bonchev–Trinajstić information content (AvgIpc) is 1.87. The van der Waals surface area contributed by atoms with Crippen molar-refractivity contribution in [2.24, 2.45) is 5.92 Å². The summed E-state index contributed by atoms with van der Waals surface area (Å²) in [6.45, 7) is 11.6. The minimum absolute atomic E-state index is 0.404. The van der Waals surface area contributed by atoms with Gasteiger partial charge in [-0.1, -0.05) is 31.7 Å². The van der Waals surface area contributed by atoms with Crippen molar-refractivity contribution in [1.29, 1.82) is 0 Å². The first-order valence-corrected chi connectivity index (χ1v) is 3.16. The molecule has 0 amide bonds. The van der Waals surface area contributed by atoms with Gasteiger partial charge in [0, 0.05) is 0 Å². The van der Waals surface area contributed by atoms with Gasteiger partial charge in [-0.25, -0.2) is 0 Å². The van der Waals surface area contributed by atoms with Crippen molar-refractivity contribution in [3.63, 3.8) is 0 Å². The Bertz CT molecular complexity index is 129. The summed E-state index contributed by atoms with van der Waals surface area (Å²) in [6.07, 6.45) is 5.89. The lowest BCUT2D eigenvalue weighted by molar-refractivity contribution is 0.899. The number of hydrogen-bond donors (Lipinski definition) is 0. The predicted octanol–water partition coefficient (Wildman–Crippen LogP) is 2.94. The van der Waals surface area contributed by atoms with Crippen LogP contribution in [0.15, 0.2) is 37.0 Å². The molecule has 0 nitrogen and oxygen atoms in total. The second kappa shape index (κ2) is 4.13. The van der Waals surface area contributed by atoms with Crippen molar-refractivity contribution in [2.45, 2.75) is 13.8 Å². The predicted molar refractivity (Wildman–Crippen MR) is 43.3 cm³/mol. The topological polar surface area (TPSA) is 0 Å². The largest absolute Gasteiger partial charge is 0.102 e. The zero-order chi connectivity index (χ0) is 7.28. The Balaban J connectivity index is 3.87. The van der Waals surface area contributed by atoms with Crippen LogP contribution >= 0.6 is 0 Å². The molecule has 0 aromatic carbocycles. The van der Waals surface area contributed by atoms with Crippen LogP contribution in [0.3, 0.4) is 0 Å². The molecule has 0 aromatic heterocycles. The normalized spacial score (nSPS) is 13.6. The molecule has 0 N–H and O–H groups in total. The van der Waals surface area contributed by atoms with E-state index in [-0.39, 0.29) is 0 Å². The van der Waals surface area contributed by atoms with Crippen LogP contribution < -0.4 is 0 Å². The molecule has 0 fully saturated rings. The summed E-state index contributed by atoms with van der Waals surface area (Å²) in [7, 11) is 0. The Morgan fingerprint density at radius 3 is 2.44 bits per heavy atom. The van der Waals surface area contributed by atoms with Crippen molar-refractivity contribution in [2.75, 3.05) is 0 Å². The third kappa shape index (κ3) is 2.91. The highest BCUT2D eigenvalue weighted by atomic mass is 14.0. The van der Waals surface area contributed by atoms with Crippen molar-refractivity contribution in [1.82, 2.24) is 0 Å². The van der Waals surface area contributed by atoms with Gasteiger partial charge < -0.3 is 0 Å². The molecule has 0 radical (unpaired) electrons. The van der Waals surface area contributed by atoms with E-state index < -0.39 is 0 Å². The first kappa shape index (κ1) is 8.22. The van der Waals surface area contributed by atoms with Crippen LogP contribution in [0.2, 0.25) is 0 Å². The van der Waals surface area contributed by atoms with Gasteiger partial charge in [0.15, 0.2) is 0 Å². The molecule has 0 aliphatic heterocycles. The summed E-state index contributed by atoms with van der Waals surface area (Å²) in [5, 5.41) is 0. The fraction of sp³-hybridized carbons (Fsp3) is 0.333. The Morgan fingerprint density at radius 1 is 1.56 bits per heavy atom. The molecule has 0 bridgehead atoms. The fourth-order valence-corrected chi connectivity index (χ4v) is 0.517. The second-order valence-corrected chi connectivity index (χ2v) is 2.10. The van der Waals surface area contributed by atoms with Crippen LogP contribution in [0.1, 0.15) is 13.8 Å². The monoisotopic (exact) mass is 122 g/mol. The number of rotatable bonds is 3. The van der Waals surface area contributed by atoms with Crippen LogP contribution in [-0.4, -0.2) is 0 Å². The molecule has 0 spiro atoms. The fourth-order valence-electron chi connectivity index (χ4n) is 0.517. The first-order chi connectivity index (χ1) is 4.22. The highest BCUT2D eigenvalue weighted by Gasteiger charge is 1.94. The van der Waals surface area contributed by atoms with Gasteiger partial charge in [0.2, 0.25) is 0 Å². The van der Waals surface area contributed by atoms with Crippen LogP contribution in [-0.2, 0) is 0 Å². The van der Waals surface area contributed by atoms with Gasteiger partial charge >= 0.3 is 0 Å². The summed E-state index contributed by atoms with van der Waals surface area (Å²) in [5.41, 5.74) is 1.12. The van der Waals surface area contributed by atoms with E-state index in [9.17, 15) is 0 Å². The summed E-state index contributed by atoms with van der Waals surface area (Å²) in [5.74, 6) is 0.404. The highest BCUT2D eigenvalue weighted by molar-refractivity contribution is 5.19. The zero-order valence-corrected chi connectivity index (χ0v) is 6.22. The van der Waals surface area contributed by atoms with E-state index in [0.717, 1.165) is 5.57 Å². The van der Waals surface area contributed by atoms with E-state index >= 15 is 0 Å². The lowest BCUT2D eigenvalue weighted by Crippen LogP contribution is -1.88. The highest BCUT2D eigenvalue weighted by Crippen LogP contribution is 2.09. The maximum atomic E-state index is 3.86. The summed E-state index contributed by atoms with van der Waals surface area (Å²) in [4.78, 5) is 0. The SMILES string of the molecule is C=CC(C)C(=C)/C=C\C. The number of allylic oxidation sites excluding steroid dienone is 4. The molecule has 0 saturated carbocycles. The molecule has 1 unspecified atom stereocenters. The number of hydrogen-bond acceptors (Lipinski definition) is 0. The molecular formula is C9H14. The molecule has 0 aliphatic carbocycles. The Hall–Kier alpha value is -0.780. The van der Waals surface area contributed by atoms with E-state index in [2.05, 4.69) is 20.1 Å². The lowest BCUT2D eigenvalue weighted by Gasteiger charge is -2.02. The maximum absolute atomic E-state index is 3.86. The van der Waals surface area contributed by atoms with Gasteiger partial charge in [0.05, 0.1) is 0 Å². The standard InChI is InChI=1S/C9H14/c1-5-7-9(4)8(3)6-2/h5-8H,2,4H2,1,3H3/b7-5-. The Labute approximate surface area is 57.6 Å². The van der Waals surface area contributed by atoms with E-state index in [0.29, 0.717) is 5.92 Å². The molecule has 1 atom stereocenters. The lowest BCUT2D eigenvalue weighted by atomic mass is 10.0. The first-order valence-electron chi connectivity index (χ1n) is 3.16. The van der Waals surface area contributed by atoms with E-state index in [4.69, 9.17) is 0 Å². The summed E-state index contributed by atoms with van der Waals surface area (Å²) in [6, 6.07) is 0. The molecule has 9 heavy (non-hydrogen) atoms. The van der Waals surface area contributed by atoms with Gasteiger partial charge in [-0.2, -0.15) is 0 Å². The van der Waals surface area contributed by atoms with Gasteiger partial charge in [-0.05, 0) is 18.4 Å². The molecule has 0 rings (SSSR count). The van der Waals surface area contributed by atoms with Gasteiger partial charge in [0.25, 0.3) is 0 Å². The van der Waals surface area contributed by atoms with Crippen molar-refractivity contribution < 1.29 is 0 Å².